The molecule has 2 saturated heterocycles. The third-order valence-electron chi connectivity index (χ3n) is 7.57. The van der Waals surface area contributed by atoms with Gasteiger partial charge in [-0.25, -0.2) is 0 Å². The van der Waals surface area contributed by atoms with Gasteiger partial charge in [0.05, 0.1) is 18.9 Å². The van der Waals surface area contributed by atoms with Gasteiger partial charge in [-0.15, -0.1) is 10.2 Å². The molecule has 1 atom stereocenters. The smallest absolute Gasteiger partial charge is 0.254 e. The maximum atomic E-state index is 13.5. The number of rotatable bonds is 8. The first-order valence-electron chi connectivity index (χ1n) is 14.0. The minimum absolute atomic E-state index is 0.0266. The predicted molar refractivity (Wildman–Crippen MR) is 153 cm³/mol. The van der Waals surface area contributed by atoms with Gasteiger partial charge in [-0.3, -0.25) is 9.59 Å². The molecule has 2 aliphatic heterocycles. The highest BCUT2D eigenvalue weighted by Gasteiger charge is 2.28. The number of anilines is 1. The molecule has 0 spiro atoms. The summed E-state index contributed by atoms with van der Waals surface area (Å²) < 4.78 is 11.0. The minimum Gasteiger partial charge on any atom is -0.497 e. The first kappa shape index (κ1) is 27.6. The number of methoxy groups -OCH3 is 1. The Morgan fingerprint density at radius 3 is 2.42 bits per heavy atom. The van der Waals surface area contributed by atoms with Crippen molar-refractivity contribution in [1.82, 2.24) is 20.0 Å². The molecule has 210 valence electrons. The Hall–Kier alpha value is -3.98. The van der Waals surface area contributed by atoms with Crippen molar-refractivity contribution in [3.63, 3.8) is 0 Å². The largest absolute Gasteiger partial charge is 0.497 e. The summed E-state index contributed by atoms with van der Waals surface area (Å²) in [5.41, 5.74) is 3.45. The van der Waals surface area contributed by atoms with Gasteiger partial charge in [0.25, 0.3) is 5.91 Å². The van der Waals surface area contributed by atoms with Crippen LogP contribution in [-0.4, -0.2) is 90.9 Å². The van der Waals surface area contributed by atoms with Crippen LogP contribution in [-0.2, 0) is 9.53 Å². The molecular formula is C31H37N5O4. The van der Waals surface area contributed by atoms with E-state index in [1.165, 1.54) is 0 Å². The molecule has 2 fully saturated rings. The molecule has 0 bridgehead atoms. The molecule has 9 nitrogen and oxygen atoms in total. The van der Waals surface area contributed by atoms with Crippen LogP contribution in [0.25, 0.3) is 11.3 Å². The standard InChI is InChI=1S/C31H37N5O4/c1-23-6-8-25(9-7-23)31(38)36(21-27-5-3-20-40-27)22-30(37)35-17-4-16-34(18-19-35)29-15-14-28(32-33-29)24-10-12-26(39-2)13-11-24/h6-15,27H,3-5,16-22H2,1-2H3. The van der Waals surface area contributed by atoms with Crippen LogP contribution in [0.2, 0.25) is 0 Å². The molecule has 1 unspecified atom stereocenters. The highest BCUT2D eigenvalue weighted by Crippen LogP contribution is 2.22. The molecule has 3 heterocycles. The van der Waals surface area contributed by atoms with Gasteiger partial charge >= 0.3 is 0 Å². The summed E-state index contributed by atoms with van der Waals surface area (Å²) in [6.45, 7) is 5.80. The van der Waals surface area contributed by atoms with E-state index < -0.39 is 0 Å². The summed E-state index contributed by atoms with van der Waals surface area (Å²) in [6, 6.07) is 19.2. The monoisotopic (exact) mass is 543 g/mol. The fourth-order valence-electron chi connectivity index (χ4n) is 5.20. The van der Waals surface area contributed by atoms with Crippen molar-refractivity contribution in [2.75, 3.05) is 57.9 Å². The predicted octanol–water partition coefficient (Wildman–Crippen LogP) is 3.82. The van der Waals surface area contributed by atoms with E-state index in [0.29, 0.717) is 38.3 Å². The number of hydrogen-bond donors (Lipinski definition) is 0. The summed E-state index contributed by atoms with van der Waals surface area (Å²) in [5.74, 6) is 1.42. The van der Waals surface area contributed by atoms with Gasteiger partial charge in [0, 0.05) is 50.5 Å². The molecule has 5 rings (SSSR count). The van der Waals surface area contributed by atoms with E-state index in [9.17, 15) is 9.59 Å². The van der Waals surface area contributed by atoms with Crippen molar-refractivity contribution in [2.24, 2.45) is 0 Å². The fourth-order valence-corrected chi connectivity index (χ4v) is 5.20. The summed E-state index contributed by atoms with van der Waals surface area (Å²) in [6.07, 6.45) is 2.67. The molecule has 0 radical (unpaired) electrons. The maximum absolute atomic E-state index is 13.5. The number of benzene rings is 2. The Kier molecular flexibility index (Phi) is 8.91. The number of aryl methyl sites for hydroxylation is 1. The summed E-state index contributed by atoms with van der Waals surface area (Å²) in [7, 11) is 1.64. The second-order valence-corrected chi connectivity index (χ2v) is 10.4. The fraction of sp³-hybridized carbons (Fsp3) is 0.419. The van der Waals surface area contributed by atoms with Crippen molar-refractivity contribution in [2.45, 2.75) is 32.3 Å². The van der Waals surface area contributed by atoms with Gasteiger partial charge < -0.3 is 24.2 Å². The summed E-state index contributed by atoms with van der Waals surface area (Å²) in [4.78, 5) is 32.5. The third kappa shape index (κ3) is 6.77. The molecule has 0 saturated carbocycles. The maximum Gasteiger partial charge on any atom is 0.254 e. The van der Waals surface area contributed by atoms with Crippen molar-refractivity contribution in [3.05, 3.63) is 71.8 Å². The molecule has 0 aliphatic carbocycles. The Labute approximate surface area is 235 Å². The van der Waals surface area contributed by atoms with Gasteiger partial charge in [0.1, 0.15) is 12.3 Å². The van der Waals surface area contributed by atoms with Crippen LogP contribution >= 0.6 is 0 Å². The Balaban J connectivity index is 1.21. The summed E-state index contributed by atoms with van der Waals surface area (Å²) in [5, 5.41) is 8.91. The molecule has 40 heavy (non-hydrogen) atoms. The Morgan fingerprint density at radius 2 is 1.75 bits per heavy atom. The molecule has 2 amide bonds. The molecule has 3 aromatic rings. The van der Waals surface area contributed by atoms with Crippen LogP contribution in [0.1, 0.15) is 35.2 Å². The minimum atomic E-state index is -0.132. The lowest BCUT2D eigenvalue weighted by Gasteiger charge is -2.28. The average molecular weight is 544 g/mol. The number of carbonyl (C=O) groups excluding carboxylic acids is 2. The van der Waals surface area contributed by atoms with Crippen molar-refractivity contribution in [1.29, 1.82) is 0 Å². The van der Waals surface area contributed by atoms with Crippen molar-refractivity contribution < 1.29 is 19.1 Å². The van der Waals surface area contributed by atoms with Crippen LogP contribution in [0.3, 0.4) is 0 Å². The van der Waals surface area contributed by atoms with Gasteiger partial charge in [-0.05, 0) is 74.7 Å². The van der Waals surface area contributed by atoms with E-state index in [0.717, 1.165) is 54.2 Å². The first-order valence-corrected chi connectivity index (χ1v) is 14.0. The highest BCUT2D eigenvalue weighted by molar-refractivity contribution is 5.96. The zero-order valence-electron chi connectivity index (χ0n) is 23.3. The second-order valence-electron chi connectivity index (χ2n) is 10.4. The topological polar surface area (TPSA) is 88.1 Å². The van der Waals surface area contributed by atoms with Gasteiger partial charge in [-0.2, -0.15) is 0 Å². The molecule has 2 aliphatic rings. The lowest BCUT2D eigenvalue weighted by Crippen LogP contribution is -2.46. The van der Waals surface area contributed by atoms with E-state index in [4.69, 9.17) is 9.47 Å². The van der Waals surface area contributed by atoms with E-state index in [1.54, 1.807) is 12.0 Å². The zero-order valence-corrected chi connectivity index (χ0v) is 23.3. The van der Waals surface area contributed by atoms with Crippen LogP contribution in [0.15, 0.2) is 60.7 Å². The van der Waals surface area contributed by atoms with E-state index in [-0.39, 0.29) is 24.5 Å². The zero-order chi connectivity index (χ0) is 27.9. The Morgan fingerprint density at radius 1 is 0.950 bits per heavy atom. The molecule has 0 N–H and O–H groups in total. The van der Waals surface area contributed by atoms with E-state index in [1.807, 2.05) is 72.5 Å². The quantitative estimate of drug-likeness (QED) is 0.427. The first-order chi connectivity index (χ1) is 19.5. The lowest BCUT2D eigenvalue weighted by molar-refractivity contribution is -0.132. The molecule has 1 aromatic heterocycles. The highest BCUT2D eigenvalue weighted by atomic mass is 16.5. The van der Waals surface area contributed by atoms with E-state index in [2.05, 4.69) is 15.1 Å². The van der Waals surface area contributed by atoms with E-state index >= 15 is 0 Å². The number of carbonyl (C=O) groups is 2. The van der Waals surface area contributed by atoms with Gasteiger partial charge in [-0.1, -0.05) is 17.7 Å². The molecular weight excluding hydrogens is 506 g/mol. The number of nitrogens with zero attached hydrogens (tertiary/aromatic N) is 5. The number of ether oxygens (including phenoxy) is 2. The van der Waals surface area contributed by atoms with Gasteiger partial charge in [0.2, 0.25) is 5.91 Å². The third-order valence-corrected chi connectivity index (χ3v) is 7.57. The number of aromatic nitrogens is 2. The lowest BCUT2D eigenvalue weighted by atomic mass is 10.1. The SMILES string of the molecule is COc1ccc(-c2ccc(N3CCCN(C(=O)CN(CC4CCCO4)C(=O)c4ccc(C)cc4)CC3)nn2)cc1. The summed E-state index contributed by atoms with van der Waals surface area (Å²) >= 11 is 0. The van der Waals surface area contributed by atoms with Crippen molar-refractivity contribution in [3.8, 4) is 17.0 Å². The van der Waals surface area contributed by atoms with Crippen LogP contribution in [0, 0.1) is 6.92 Å². The molecule has 2 aromatic carbocycles. The van der Waals surface area contributed by atoms with Crippen LogP contribution in [0.4, 0.5) is 5.82 Å². The van der Waals surface area contributed by atoms with Crippen LogP contribution in [0.5, 0.6) is 5.75 Å². The Bertz CT molecular complexity index is 1270. The average Bonchev–Trinajstić information content (AvgIpc) is 3.38. The van der Waals surface area contributed by atoms with Crippen molar-refractivity contribution >= 4 is 17.6 Å². The van der Waals surface area contributed by atoms with Gasteiger partial charge in [0.15, 0.2) is 5.82 Å². The molecule has 9 heteroatoms. The number of amides is 2. The van der Waals surface area contributed by atoms with Crippen LogP contribution < -0.4 is 9.64 Å². The second kappa shape index (κ2) is 12.9. The normalized spacial score (nSPS) is 17.4. The number of hydrogen-bond acceptors (Lipinski definition) is 7.